The van der Waals surface area contributed by atoms with Crippen molar-refractivity contribution >= 4 is 33.3 Å². The molecule has 0 saturated heterocycles. The highest BCUT2D eigenvalue weighted by molar-refractivity contribution is 9.10. The molecule has 4 nitrogen and oxygen atoms in total. The Hall–Kier alpha value is -2.14. The number of amides is 1. The lowest BCUT2D eigenvalue weighted by Crippen LogP contribution is -2.12. The summed E-state index contributed by atoms with van der Waals surface area (Å²) in [7, 11) is 0. The van der Waals surface area contributed by atoms with Crippen molar-refractivity contribution in [3.63, 3.8) is 0 Å². The molecule has 0 unspecified atom stereocenters. The van der Waals surface area contributed by atoms with Gasteiger partial charge in [0.15, 0.2) is 5.78 Å². The molecule has 1 N–H and O–H groups in total. The van der Waals surface area contributed by atoms with Crippen molar-refractivity contribution in [3.05, 3.63) is 58.1 Å². The molecule has 0 radical (unpaired) electrons. The molecule has 0 aliphatic rings. The number of benzene rings is 2. The maximum Gasteiger partial charge on any atom is 0.255 e. The van der Waals surface area contributed by atoms with Crippen LogP contribution in [0.3, 0.4) is 0 Å². The fraction of sp³-hybridized carbons (Fsp3) is 0.222. The quantitative estimate of drug-likeness (QED) is 0.744. The van der Waals surface area contributed by atoms with Crippen molar-refractivity contribution in [1.82, 2.24) is 0 Å². The molecule has 0 bridgehead atoms. The highest BCUT2D eigenvalue weighted by Crippen LogP contribution is 2.26. The Balaban J connectivity index is 2.13. The predicted molar refractivity (Wildman–Crippen MR) is 94.3 cm³/mol. The van der Waals surface area contributed by atoms with E-state index in [1.807, 2.05) is 6.92 Å². The first-order valence-corrected chi connectivity index (χ1v) is 8.15. The number of halogens is 1. The van der Waals surface area contributed by atoms with Crippen LogP contribution in [0, 0.1) is 0 Å². The first kappa shape index (κ1) is 17.2. The van der Waals surface area contributed by atoms with Crippen LogP contribution in [-0.2, 0) is 0 Å². The molecule has 120 valence electrons. The van der Waals surface area contributed by atoms with Gasteiger partial charge in [-0.1, -0.05) is 19.1 Å². The van der Waals surface area contributed by atoms with Gasteiger partial charge >= 0.3 is 0 Å². The molecule has 2 aromatic carbocycles. The average molecular weight is 376 g/mol. The lowest BCUT2D eigenvalue weighted by Gasteiger charge is -2.10. The Labute approximate surface area is 144 Å². The van der Waals surface area contributed by atoms with Crippen molar-refractivity contribution in [3.8, 4) is 5.75 Å². The molecule has 0 fully saturated rings. The molecule has 0 aromatic heterocycles. The molecule has 0 aliphatic heterocycles. The second-order valence-corrected chi connectivity index (χ2v) is 5.94. The summed E-state index contributed by atoms with van der Waals surface area (Å²) in [6.07, 6.45) is 0.918. The number of hydrogen-bond donors (Lipinski definition) is 1. The third-order valence-corrected chi connectivity index (χ3v) is 3.80. The lowest BCUT2D eigenvalue weighted by atomic mass is 10.1. The Morgan fingerprint density at radius 1 is 1.13 bits per heavy atom. The largest absolute Gasteiger partial charge is 0.492 e. The van der Waals surface area contributed by atoms with Crippen LogP contribution in [0.5, 0.6) is 5.75 Å². The third kappa shape index (κ3) is 4.66. The van der Waals surface area contributed by atoms with E-state index in [2.05, 4.69) is 21.2 Å². The Bertz CT molecular complexity index is 728. The van der Waals surface area contributed by atoms with Crippen LogP contribution < -0.4 is 10.1 Å². The molecule has 2 aromatic rings. The van der Waals surface area contributed by atoms with Crippen LogP contribution >= 0.6 is 15.9 Å². The molecular weight excluding hydrogens is 358 g/mol. The van der Waals surface area contributed by atoms with E-state index >= 15 is 0 Å². The van der Waals surface area contributed by atoms with Crippen LogP contribution in [-0.4, -0.2) is 18.3 Å². The first-order chi connectivity index (χ1) is 11.0. The Morgan fingerprint density at radius 2 is 1.91 bits per heavy atom. The number of carbonyl (C=O) groups excluding carboxylic acids is 2. The van der Waals surface area contributed by atoms with Crippen LogP contribution in [0.15, 0.2) is 46.9 Å². The second kappa shape index (κ2) is 7.92. The van der Waals surface area contributed by atoms with E-state index in [-0.39, 0.29) is 11.7 Å². The van der Waals surface area contributed by atoms with Gasteiger partial charge in [-0.05, 0) is 59.6 Å². The molecule has 2 rings (SSSR count). The predicted octanol–water partition coefficient (Wildman–Crippen LogP) is 4.69. The topological polar surface area (TPSA) is 55.4 Å². The summed E-state index contributed by atoms with van der Waals surface area (Å²) in [5.41, 5.74) is 1.66. The van der Waals surface area contributed by atoms with E-state index in [4.69, 9.17) is 4.74 Å². The number of hydrogen-bond acceptors (Lipinski definition) is 3. The van der Waals surface area contributed by atoms with Gasteiger partial charge in [0, 0.05) is 16.8 Å². The zero-order chi connectivity index (χ0) is 16.8. The second-order valence-electron chi connectivity index (χ2n) is 5.08. The van der Waals surface area contributed by atoms with Crippen molar-refractivity contribution in [1.29, 1.82) is 0 Å². The molecule has 23 heavy (non-hydrogen) atoms. The summed E-state index contributed by atoms with van der Waals surface area (Å²) >= 11 is 3.41. The van der Waals surface area contributed by atoms with E-state index in [0.717, 1.165) is 10.9 Å². The monoisotopic (exact) mass is 375 g/mol. The van der Waals surface area contributed by atoms with Gasteiger partial charge in [-0.25, -0.2) is 0 Å². The number of rotatable bonds is 6. The molecule has 0 heterocycles. The zero-order valence-corrected chi connectivity index (χ0v) is 14.6. The van der Waals surface area contributed by atoms with Gasteiger partial charge in [0.05, 0.1) is 11.1 Å². The molecular formula is C18H18BrNO3. The summed E-state index contributed by atoms with van der Waals surface area (Å²) in [5, 5.41) is 2.79. The molecule has 1 amide bonds. The number of ketones is 1. The van der Waals surface area contributed by atoms with Gasteiger partial charge in [-0.3, -0.25) is 9.59 Å². The number of ether oxygens (including phenoxy) is 1. The van der Waals surface area contributed by atoms with Crippen LogP contribution in [0.1, 0.15) is 41.0 Å². The van der Waals surface area contributed by atoms with Crippen molar-refractivity contribution in [2.75, 3.05) is 11.9 Å². The Kier molecular flexibility index (Phi) is 5.93. The summed E-state index contributed by atoms with van der Waals surface area (Å²) < 4.78 is 6.30. The minimum Gasteiger partial charge on any atom is -0.492 e. The van der Waals surface area contributed by atoms with E-state index in [0.29, 0.717) is 29.2 Å². The number of carbonyl (C=O) groups is 2. The van der Waals surface area contributed by atoms with Crippen LogP contribution in [0.25, 0.3) is 0 Å². The van der Waals surface area contributed by atoms with Gasteiger partial charge in [0.2, 0.25) is 0 Å². The normalized spacial score (nSPS) is 10.2. The molecule has 0 spiro atoms. The van der Waals surface area contributed by atoms with Gasteiger partial charge in [-0.15, -0.1) is 0 Å². The van der Waals surface area contributed by atoms with E-state index in [1.54, 1.807) is 42.5 Å². The average Bonchev–Trinajstić information content (AvgIpc) is 2.53. The summed E-state index contributed by atoms with van der Waals surface area (Å²) in [5.74, 6) is 0.427. The number of Topliss-reactive ketones (excluding diaryl/α,β-unsaturated/α-hetero) is 1. The Morgan fingerprint density at radius 3 is 2.57 bits per heavy atom. The van der Waals surface area contributed by atoms with Crippen LogP contribution in [0.2, 0.25) is 0 Å². The molecule has 0 saturated carbocycles. The van der Waals surface area contributed by atoms with E-state index in [1.165, 1.54) is 6.92 Å². The molecule has 5 heteroatoms. The van der Waals surface area contributed by atoms with Crippen molar-refractivity contribution in [2.45, 2.75) is 20.3 Å². The highest BCUT2D eigenvalue weighted by Gasteiger charge is 2.10. The fourth-order valence-electron chi connectivity index (χ4n) is 1.99. The molecule has 0 atom stereocenters. The summed E-state index contributed by atoms with van der Waals surface area (Å²) in [6, 6.07) is 12.1. The van der Waals surface area contributed by atoms with E-state index < -0.39 is 0 Å². The van der Waals surface area contributed by atoms with Gasteiger partial charge in [0.1, 0.15) is 5.75 Å². The highest BCUT2D eigenvalue weighted by atomic mass is 79.9. The standard InChI is InChI=1S/C18H18BrNO3/c1-3-9-23-17-8-7-14(11-16(17)19)18(22)20-15-6-4-5-13(10-15)12(2)21/h4-8,10-11H,3,9H2,1-2H3,(H,20,22). The summed E-state index contributed by atoms with van der Waals surface area (Å²) in [4.78, 5) is 23.7. The van der Waals surface area contributed by atoms with Gasteiger partial charge < -0.3 is 10.1 Å². The minimum absolute atomic E-state index is 0.0405. The maximum atomic E-state index is 12.3. The first-order valence-electron chi connectivity index (χ1n) is 7.36. The van der Waals surface area contributed by atoms with Gasteiger partial charge in [-0.2, -0.15) is 0 Å². The third-order valence-electron chi connectivity index (χ3n) is 3.18. The van der Waals surface area contributed by atoms with E-state index in [9.17, 15) is 9.59 Å². The maximum absolute atomic E-state index is 12.3. The molecule has 0 aliphatic carbocycles. The van der Waals surface area contributed by atoms with Gasteiger partial charge in [0.25, 0.3) is 5.91 Å². The lowest BCUT2D eigenvalue weighted by molar-refractivity contribution is 0.101. The fourth-order valence-corrected chi connectivity index (χ4v) is 2.48. The smallest absolute Gasteiger partial charge is 0.255 e. The summed E-state index contributed by atoms with van der Waals surface area (Å²) in [6.45, 7) is 4.15. The van der Waals surface area contributed by atoms with Crippen molar-refractivity contribution < 1.29 is 14.3 Å². The zero-order valence-electron chi connectivity index (χ0n) is 13.1. The SMILES string of the molecule is CCCOc1ccc(C(=O)Nc2cccc(C(C)=O)c2)cc1Br. The van der Waals surface area contributed by atoms with Crippen LogP contribution in [0.4, 0.5) is 5.69 Å². The number of anilines is 1. The number of nitrogens with one attached hydrogen (secondary N) is 1. The van der Waals surface area contributed by atoms with Crippen molar-refractivity contribution in [2.24, 2.45) is 0 Å². The minimum atomic E-state index is -0.242.